The van der Waals surface area contributed by atoms with Gasteiger partial charge in [-0.3, -0.25) is 24.5 Å². The van der Waals surface area contributed by atoms with Gasteiger partial charge < -0.3 is 25.0 Å². The van der Waals surface area contributed by atoms with Crippen LogP contribution in [0.3, 0.4) is 0 Å². The van der Waals surface area contributed by atoms with Crippen LogP contribution in [0.25, 0.3) is 0 Å². The molecule has 0 spiro atoms. The van der Waals surface area contributed by atoms with Crippen molar-refractivity contribution in [1.82, 2.24) is 15.5 Å². The van der Waals surface area contributed by atoms with Gasteiger partial charge in [0.2, 0.25) is 17.7 Å². The first-order chi connectivity index (χ1) is 15.5. The SMILES string of the molecule is Cl.O=C1CCC(N2Cc3c(NC(=O)COCCOC4CCNCC4)cccc3C2=O)C(=O)N1. The average molecular weight is 481 g/mol. The van der Waals surface area contributed by atoms with Gasteiger partial charge in [0, 0.05) is 29.8 Å². The van der Waals surface area contributed by atoms with Gasteiger partial charge in [-0.15, -0.1) is 12.4 Å². The lowest BCUT2D eigenvalue weighted by atomic mass is 10.0. The molecule has 4 rings (SSSR count). The van der Waals surface area contributed by atoms with E-state index < -0.39 is 11.9 Å². The number of anilines is 1. The van der Waals surface area contributed by atoms with Crippen LogP contribution in [0, 0.1) is 0 Å². The van der Waals surface area contributed by atoms with E-state index in [1.54, 1.807) is 18.2 Å². The summed E-state index contributed by atoms with van der Waals surface area (Å²) in [5.74, 6) is -1.40. The Balaban J connectivity index is 0.00000306. The van der Waals surface area contributed by atoms with E-state index in [9.17, 15) is 19.2 Å². The van der Waals surface area contributed by atoms with E-state index in [1.165, 1.54) is 4.90 Å². The van der Waals surface area contributed by atoms with Gasteiger partial charge in [-0.2, -0.15) is 0 Å². The second-order valence-corrected chi connectivity index (χ2v) is 8.15. The van der Waals surface area contributed by atoms with Crippen molar-refractivity contribution in [1.29, 1.82) is 0 Å². The minimum atomic E-state index is -0.695. The topological polar surface area (TPSA) is 126 Å². The summed E-state index contributed by atoms with van der Waals surface area (Å²) in [6, 6.07) is 4.39. The molecule has 0 saturated carbocycles. The molecule has 0 radical (unpaired) electrons. The van der Waals surface area contributed by atoms with Crippen LogP contribution in [-0.4, -0.2) is 73.6 Å². The van der Waals surface area contributed by atoms with Gasteiger partial charge >= 0.3 is 0 Å². The van der Waals surface area contributed by atoms with Crippen LogP contribution in [0.1, 0.15) is 41.6 Å². The normalized spacial score (nSPS) is 20.8. The van der Waals surface area contributed by atoms with E-state index in [-0.39, 0.29) is 55.8 Å². The molecule has 0 bridgehead atoms. The van der Waals surface area contributed by atoms with E-state index >= 15 is 0 Å². The first-order valence-electron chi connectivity index (χ1n) is 11.0. The van der Waals surface area contributed by atoms with Gasteiger partial charge in [0.25, 0.3) is 5.91 Å². The molecule has 11 heteroatoms. The van der Waals surface area contributed by atoms with Crippen LogP contribution in [0.15, 0.2) is 18.2 Å². The van der Waals surface area contributed by atoms with E-state index in [4.69, 9.17) is 9.47 Å². The van der Waals surface area contributed by atoms with Crippen LogP contribution in [0.5, 0.6) is 0 Å². The maximum Gasteiger partial charge on any atom is 0.255 e. The van der Waals surface area contributed by atoms with Crippen molar-refractivity contribution in [2.24, 2.45) is 0 Å². The molecule has 3 heterocycles. The number of halogens is 1. The summed E-state index contributed by atoms with van der Waals surface area (Å²) in [6.07, 6.45) is 2.69. The predicted molar refractivity (Wildman–Crippen MR) is 121 cm³/mol. The zero-order chi connectivity index (χ0) is 22.5. The Kier molecular flexibility index (Phi) is 8.79. The van der Waals surface area contributed by atoms with Crippen molar-refractivity contribution in [2.75, 3.05) is 38.2 Å². The molecule has 3 N–H and O–H groups in total. The van der Waals surface area contributed by atoms with Crippen molar-refractivity contribution in [3.05, 3.63) is 29.3 Å². The number of hydrogen-bond donors (Lipinski definition) is 3. The number of ether oxygens (including phenoxy) is 2. The minimum Gasteiger partial charge on any atom is -0.376 e. The Morgan fingerprint density at radius 3 is 2.67 bits per heavy atom. The highest BCUT2D eigenvalue weighted by molar-refractivity contribution is 6.06. The zero-order valence-electron chi connectivity index (χ0n) is 18.3. The number of rotatable bonds is 8. The highest BCUT2D eigenvalue weighted by atomic mass is 35.5. The van der Waals surface area contributed by atoms with Crippen LogP contribution in [0.4, 0.5) is 5.69 Å². The minimum absolute atomic E-state index is 0. The number of nitrogens with zero attached hydrogens (tertiary/aromatic N) is 1. The molecule has 33 heavy (non-hydrogen) atoms. The Morgan fingerprint density at radius 2 is 1.91 bits per heavy atom. The number of piperidine rings is 2. The molecule has 3 aliphatic rings. The smallest absolute Gasteiger partial charge is 0.255 e. The third kappa shape index (κ3) is 6.08. The molecule has 1 aromatic rings. The Morgan fingerprint density at radius 1 is 1.12 bits per heavy atom. The van der Waals surface area contributed by atoms with Crippen LogP contribution >= 0.6 is 12.4 Å². The second kappa shape index (κ2) is 11.6. The fourth-order valence-electron chi connectivity index (χ4n) is 4.29. The van der Waals surface area contributed by atoms with Gasteiger partial charge in [0.05, 0.1) is 19.3 Å². The number of fused-ring (bicyclic) bond motifs is 1. The van der Waals surface area contributed by atoms with Gasteiger partial charge in [-0.1, -0.05) is 6.07 Å². The molecule has 4 amide bonds. The van der Waals surface area contributed by atoms with E-state index in [0.29, 0.717) is 36.4 Å². The third-order valence-electron chi connectivity index (χ3n) is 5.96. The maximum absolute atomic E-state index is 12.8. The number of carbonyl (C=O) groups excluding carboxylic acids is 4. The predicted octanol–water partition coefficient (Wildman–Crippen LogP) is 0.593. The summed E-state index contributed by atoms with van der Waals surface area (Å²) in [6.45, 7) is 2.75. The van der Waals surface area contributed by atoms with Crippen LogP contribution < -0.4 is 16.0 Å². The zero-order valence-corrected chi connectivity index (χ0v) is 19.1. The summed E-state index contributed by atoms with van der Waals surface area (Å²) >= 11 is 0. The Bertz CT molecular complexity index is 905. The fraction of sp³-hybridized carbons (Fsp3) is 0.545. The highest BCUT2D eigenvalue weighted by Gasteiger charge is 2.39. The van der Waals surface area contributed by atoms with Crippen molar-refractivity contribution >= 4 is 41.7 Å². The molecule has 2 fully saturated rings. The molecule has 0 aromatic heterocycles. The first kappa shape index (κ1) is 25.1. The molecular weight excluding hydrogens is 452 g/mol. The van der Waals surface area contributed by atoms with Gasteiger partial charge in [-0.05, 0) is 44.5 Å². The summed E-state index contributed by atoms with van der Waals surface area (Å²) < 4.78 is 11.2. The van der Waals surface area contributed by atoms with Crippen LogP contribution in [-0.2, 0) is 30.4 Å². The quantitative estimate of drug-likeness (QED) is 0.367. The van der Waals surface area contributed by atoms with Gasteiger partial charge in [-0.25, -0.2) is 0 Å². The summed E-state index contributed by atoms with van der Waals surface area (Å²) in [7, 11) is 0. The molecule has 2 saturated heterocycles. The number of hydrogen-bond acceptors (Lipinski definition) is 7. The van der Waals surface area contributed by atoms with E-state index in [0.717, 1.165) is 25.9 Å². The lowest BCUT2D eigenvalue weighted by molar-refractivity contribution is -0.137. The van der Waals surface area contributed by atoms with Crippen molar-refractivity contribution in [3.63, 3.8) is 0 Å². The Hall–Kier alpha value is -2.53. The number of amides is 4. The van der Waals surface area contributed by atoms with Crippen LogP contribution in [0.2, 0.25) is 0 Å². The molecule has 1 atom stereocenters. The number of nitrogens with one attached hydrogen (secondary N) is 3. The summed E-state index contributed by atoms with van der Waals surface area (Å²) in [4.78, 5) is 50.3. The number of imide groups is 1. The highest BCUT2D eigenvalue weighted by Crippen LogP contribution is 2.32. The van der Waals surface area contributed by atoms with Crippen molar-refractivity contribution in [2.45, 2.75) is 44.4 Å². The Labute approximate surface area is 198 Å². The molecule has 180 valence electrons. The van der Waals surface area contributed by atoms with Crippen molar-refractivity contribution in [3.8, 4) is 0 Å². The summed E-state index contributed by atoms with van der Waals surface area (Å²) in [5, 5.41) is 8.36. The average Bonchev–Trinajstić information content (AvgIpc) is 3.12. The molecular formula is C22H29ClN4O6. The lowest BCUT2D eigenvalue weighted by Crippen LogP contribution is -2.52. The molecule has 3 aliphatic heterocycles. The fourth-order valence-corrected chi connectivity index (χ4v) is 4.29. The largest absolute Gasteiger partial charge is 0.376 e. The molecule has 0 aliphatic carbocycles. The molecule has 1 unspecified atom stereocenters. The van der Waals surface area contributed by atoms with E-state index in [2.05, 4.69) is 16.0 Å². The number of carbonyl (C=O) groups is 4. The van der Waals surface area contributed by atoms with Gasteiger partial charge in [0.15, 0.2) is 0 Å². The third-order valence-corrected chi connectivity index (χ3v) is 5.96. The van der Waals surface area contributed by atoms with Crippen molar-refractivity contribution < 1.29 is 28.7 Å². The molecule has 1 aromatic carbocycles. The first-order valence-corrected chi connectivity index (χ1v) is 11.0. The van der Waals surface area contributed by atoms with Gasteiger partial charge in [0.1, 0.15) is 12.6 Å². The lowest BCUT2D eigenvalue weighted by Gasteiger charge is -2.29. The maximum atomic E-state index is 12.8. The number of benzene rings is 1. The standard InChI is InChI=1S/C22H28N4O6.ClH/c27-19-5-4-18(21(29)25-19)26-12-16-15(22(26)30)2-1-3-17(16)24-20(28)13-31-10-11-32-14-6-8-23-9-7-14;/h1-3,14,18,23H,4-13H2,(H,24,28)(H,25,27,29);1H. The molecule has 10 nitrogen and oxygen atoms in total. The van der Waals surface area contributed by atoms with E-state index in [1.807, 2.05) is 0 Å². The summed E-state index contributed by atoms with van der Waals surface area (Å²) in [5.41, 5.74) is 1.62. The monoisotopic (exact) mass is 480 g/mol. The second-order valence-electron chi connectivity index (χ2n) is 8.15.